The SMILES string of the molecule is COc1ccc(CCC(=O)CN)cc1. The first-order valence-corrected chi connectivity index (χ1v) is 4.61. The molecule has 0 aliphatic rings. The lowest BCUT2D eigenvalue weighted by Gasteiger charge is -2.02. The van der Waals surface area contributed by atoms with Gasteiger partial charge in [0.2, 0.25) is 0 Å². The van der Waals surface area contributed by atoms with Crippen LogP contribution in [0.3, 0.4) is 0 Å². The predicted molar refractivity (Wildman–Crippen MR) is 55.4 cm³/mol. The smallest absolute Gasteiger partial charge is 0.146 e. The number of methoxy groups -OCH3 is 1. The molecule has 3 nitrogen and oxygen atoms in total. The fourth-order valence-corrected chi connectivity index (χ4v) is 1.18. The van der Waals surface area contributed by atoms with E-state index in [2.05, 4.69) is 0 Å². The molecule has 0 aliphatic heterocycles. The van der Waals surface area contributed by atoms with E-state index >= 15 is 0 Å². The quantitative estimate of drug-likeness (QED) is 0.763. The Morgan fingerprint density at radius 2 is 2.00 bits per heavy atom. The van der Waals surface area contributed by atoms with Crippen molar-refractivity contribution < 1.29 is 9.53 Å². The second kappa shape index (κ2) is 5.40. The van der Waals surface area contributed by atoms with E-state index in [1.807, 2.05) is 24.3 Å². The first-order valence-electron chi connectivity index (χ1n) is 4.61. The number of nitrogens with two attached hydrogens (primary N) is 1. The van der Waals surface area contributed by atoms with Gasteiger partial charge in [-0.2, -0.15) is 0 Å². The van der Waals surface area contributed by atoms with E-state index < -0.39 is 0 Å². The number of Topliss-reactive ketones (excluding diaryl/α,β-unsaturated/α-hetero) is 1. The molecule has 2 N–H and O–H groups in total. The number of rotatable bonds is 5. The maximum atomic E-state index is 11.0. The molecule has 0 atom stereocenters. The van der Waals surface area contributed by atoms with Gasteiger partial charge in [0.1, 0.15) is 11.5 Å². The minimum atomic E-state index is 0.0980. The summed E-state index contributed by atoms with van der Waals surface area (Å²) in [6.45, 7) is 0.135. The topological polar surface area (TPSA) is 52.3 Å². The Kier molecular flexibility index (Phi) is 4.13. The van der Waals surface area contributed by atoms with Gasteiger partial charge in [-0.15, -0.1) is 0 Å². The summed E-state index contributed by atoms with van der Waals surface area (Å²) in [5, 5.41) is 0. The van der Waals surface area contributed by atoms with E-state index in [0.717, 1.165) is 17.7 Å². The minimum absolute atomic E-state index is 0.0980. The summed E-state index contributed by atoms with van der Waals surface area (Å²) >= 11 is 0. The number of hydrogen-bond donors (Lipinski definition) is 1. The van der Waals surface area contributed by atoms with Crippen molar-refractivity contribution in [3.63, 3.8) is 0 Å². The molecule has 0 amide bonds. The first-order chi connectivity index (χ1) is 6.76. The van der Waals surface area contributed by atoms with E-state index in [-0.39, 0.29) is 12.3 Å². The molecule has 0 bridgehead atoms. The maximum absolute atomic E-state index is 11.0. The highest BCUT2D eigenvalue weighted by atomic mass is 16.5. The Morgan fingerprint density at radius 1 is 1.36 bits per heavy atom. The lowest BCUT2D eigenvalue weighted by atomic mass is 10.1. The number of carbonyl (C=O) groups is 1. The summed E-state index contributed by atoms with van der Waals surface area (Å²) in [4.78, 5) is 11.0. The molecule has 1 aromatic carbocycles. The van der Waals surface area contributed by atoms with Crippen molar-refractivity contribution in [2.45, 2.75) is 12.8 Å². The summed E-state index contributed by atoms with van der Waals surface area (Å²) < 4.78 is 5.03. The van der Waals surface area contributed by atoms with Crippen molar-refractivity contribution in [2.24, 2.45) is 5.73 Å². The van der Waals surface area contributed by atoms with E-state index in [1.54, 1.807) is 7.11 Å². The number of ether oxygens (including phenoxy) is 1. The van der Waals surface area contributed by atoms with E-state index in [4.69, 9.17) is 10.5 Å². The third-order valence-electron chi connectivity index (χ3n) is 2.08. The van der Waals surface area contributed by atoms with Gasteiger partial charge < -0.3 is 10.5 Å². The number of hydrogen-bond acceptors (Lipinski definition) is 3. The van der Waals surface area contributed by atoms with Crippen LogP contribution in [0.5, 0.6) is 5.75 Å². The number of benzene rings is 1. The van der Waals surface area contributed by atoms with Crippen LogP contribution in [-0.4, -0.2) is 19.4 Å². The van der Waals surface area contributed by atoms with Crippen LogP contribution in [0.2, 0.25) is 0 Å². The average Bonchev–Trinajstić information content (AvgIpc) is 2.26. The molecule has 0 saturated heterocycles. The van der Waals surface area contributed by atoms with E-state index in [9.17, 15) is 4.79 Å². The molecule has 1 aromatic rings. The lowest BCUT2D eigenvalue weighted by Crippen LogP contribution is -2.13. The molecular formula is C11H15NO2. The maximum Gasteiger partial charge on any atom is 0.146 e. The zero-order valence-electron chi connectivity index (χ0n) is 8.32. The molecular weight excluding hydrogens is 178 g/mol. The average molecular weight is 193 g/mol. The first kappa shape index (κ1) is 10.7. The Balaban J connectivity index is 2.47. The van der Waals surface area contributed by atoms with Crippen LogP contribution in [-0.2, 0) is 11.2 Å². The molecule has 0 heterocycles. The third-order valence-corrected chi connectivity index (χ3v) is 2.08. The zero-order chi connectivity index (χ0) is 10.4. The molecule has 76 valence electrons. The van der Waals surface area contributed by atoms with Gasteiger partial charge in [-0.3, -0.25) is 4.79 Å². The summed E-state index contributed by atoms with van der Waals surface area (Å²) in [5.74, 6) is 0.930. The Labute approximate surface area is 83.9 Å². The number of aryl methyl sites for hydroxylation is 1. The van der Waals surface area contributed by atoms with Crippen molar-refractivity contribution in [1.29, 1.82) is 0 Å². The summed E-state index contributed by atoms with van der Waals surface area (Å²) in [6.07, 6.45) is 1.27. The molecule has 0 radical (unpaired) electrons. The fourth-order valence-electron chi connectivity index (χ4n) is 1.18. The Bertz CT molecular complexity index is 293. The summed E-state index contributed by atoms with van der Waals surface area (Å²) in [7, 11) is 1.63. The van der Waals surface area contributed by atoms with Gasteiger partial charge in [0.05, 0.1) is 13.7 Å². The standard InChI is InChI=1S/C11H15NO2/c1-14-11-6-3-9(4-7-11)2-5-10(13)8-12/h3-4,6-7H,2,5,8,12H2,1H3. The fraction of sp³-hybridized carbons (Fsp3) is 0.364. The van der Waals surface area contributed by atoms with Gasteiger partial charge in [-0.05, 0) is 24.1 Å². The van der Waals surface area contributed by atoms with E-state index in [1.165, 1.54) is 0 Å². The van der Waals surface area contributed by atoms with Crippen LogP contribution in [0.15, 0.2) is 24.3 Å². The highest BCUT2D eigenvalue weighted by Crippen LogP contribution is 2.12. The monoisotopic (exact) mass is 193 g/mol. The van der Waals surface area contributed by atoms with Gasteiger partial charge >= 0.3 is 0 Å². The summed E-state index contributed by atoms with van der Waals surface area (Å²) in [5.41, 5.74) is 6.34. The third kappa shape index (κ3) is 3.18. The number of ketones is 1. The van der Waals surface area contributed by atoms with Crippen molar-refractivity contribution in [3.05, 3.63) is 29.8 Å². The van der Waals surface area contributed by atoms with E-state index in [0.29, 0.717) is 6.42 Å². The molecule has 0 unspecified atom stereocenters. The second-order valence-electron chi connectivity index (χ2n) is 3.09. The molecule has 1 rings (SSSR count). The highest BCUT2D eigenvalue weighted by molar-refractivity contribution is 5.80. The molecule has 3 heteroatoms. The van der Waals surface area contributed by atoms with Gasteiger partial charge in [-0.1, -0.05) is 12.1 Å². The Morgan fingerprint density at radius 3 is 2.50 bits per heavy atom. The molecule has 0 saturated carbocycles. The van der Waals surface area contributed by atoms with Crippen molar-refractivity contribution >= 4 is 5.78 Å². The van der Waals surface area contributed by atoms with Crippen molar-refractivity contribution in [3.8, 4) is 5.75 Å². The van der Waals surface area contributed by atoms with Crippen LogP contribution in [0, 0.1) is 0 Å². The highest BCUT2D eigenvalue weighted by Gasteiger charge is 1.99. The zero-order valence-corrected chi connectivity index (χ0v) is 8.32. The van der Waals surface area contributed by atoms with Gasteiger partial charge in [0.25, 0.3) is 0 Å². The summed E-state index contributed by atoms with van der Waals surface area (Å²) in [6, 6.07) is 7.70. The molecule has 0 fully saturated rings. The van der Waals surface area contributed by atoms with Crippen molar-refractivity contribution in [2.75, 3.05) is 13.7 Å². The molecule has 14 heavy (non-hydrogen) atoms. The van der Waals surface area contributed by atoms with Gasteiger partial charge in [0, 0.05) is 6.42 Å². The van der Waals surface area contributed by atoms with Crippen LogP contribution >= 0.6 is 0 Å². The largest absolute Gasteiger partial charge is 0.497 e. The predicted octanol–water partition coefficient (Wildman–Crippen LogP) is 1.16. The van der Waals surface area contributed by atoms with Crippen molar-refractivity contribution in [1.82, 2.24) is 0 Å². The van der Waals surface area contributed by atoms with Gasteiger partial charge in [0.15, 0.2) is 0 Å². The number of carbonyl (C=O) groups excluding carboxylic acids is 1. The molecule has 0 aliphatic carbocycles. The van der Waals surface area contributed by atoms with Crippen LogP contribution in [0.1, 0.15) is 12.0 Å². The minimum Gasteiger partial charge on any atom is -0.497 e. The lowest BCUT2D eigenvalue weighted by molar-refractivity contribution is -0.117. The van der Waals surface area contributed by atoms with Crippen LogP contribution in [0.25, 0.3) is 0 Å². The second-order valence-corrected chi connectivity index (χ2v) is 3.09. The molecule has 0 aromatic heterocycles. The normalized spacial score (nSPS) is 9.86. The Hall–Kier alpha value is -1.35. The van der Waals surface area contributed by atoms with Crippen LogP contribution < -0.4 is 10.5 Å². The van der Waals surface area contributed by atoms with Crippen LogP contribution in [0.4, 0.5) is 0 Å². The molecule has 0 spiro atoms. The van der Waals surface area contributed by atoms with Gasteiger partial charge in [-0.25, -0.2) is 0 Å².